The van der Waals surface area contributed by atoms with Gasteiger partial charge in [0.2, 0.25) is 0 Å². The third-order valence-corrected chi connectivity index (χ3v) is 8.57. The van der Waals surface area contributed by atoms with Gasteiger partial charge < -0.3 is 19.5 Å². The first-order valence-corrected chi connectivity index (χ1v) is 14.6. The second-order valence-corrected chi connectivity index (χ2v) is 11.6. The first-order chi connectivity index (χ1) is 20.5. The predicted octanol–water partition coefficient (Wildman–Crippen LogP) is 5.04. The number of nitrogens with one attached hydrogen (secondary N) is 1. The minimum absolute atomic E-state index is 0.0536. The van der Waals surface area contributed by atoms with Crippen molar-refractivity contribution in [2.24, 2.45) is 5.92 Å². The molecule has 43 heavy (non-hydrogen) atoms. The number of likely N-dealkylation sites (tertiary alicyclic amines) is 1. The number of alkyl halides is 3. The second-order valence-electron chi connectivity index (χ2n) is 10.5. The maximum absolute atomic E-state index is 13.1. The van der Waals surface area contributed by atoms with Crippen LogP contribution >= 0.6 is 11.3 Å². The van der Waals surface area contributed by atoms with E-state index in [1.54, 1.807) is 6.07 Å². The first-order valence-electron chi connectivity index (χ1n) is 13.8. The van der Waals surface area contributed by atoms with Crippen molar-refractivity contribution in [1.29, 1.82) is 0 Å². The molecule has 0 saturated carbocycles. The van der Waals surface area contributed by atoms with Crippen molar-refractivity contribution >= 4 is 34.2 Å². The summed E-state index contributed by atoms with van der Waals surface area (Å²) in [5.74, 6) is -1.45. The average molecular weight is 621 g/mol. The van der Waals surface area contributed by atoms with Crippen molar-refractivity contribution in [3.05, 3.63) is 41.2 Å². The van der Waals surface area contributed by atoms with E-state index in [1.807, 2.05) is 4.90 Å². The highest BCUT2D eigenvalue weighted by molar-refractivity contribution is 7.16. The minimum Gasteiger partial charge on any atom is -0.497 e. The van der Waals surface area contributed by atoms with Crippen molar-refractivity contribution in [3.8, 4) is 22.8 Å². The molecule has 2 aliphatic rings. The molecule has 0 spiro atoms. The Balaban J connectivity index is 1.37. The number of carboxylic acids is 1. The van der Waals surface area contributed by atoms with Gasteiger partial charge in [0.05, 0.1) is 31.1 Å². The van der Waals surface area contributed by atoms with Crippen LogP contribution in [0, 0.1) is 5.92 Å². The first kappa shape index (κ1) is 30.5. The summed E-state index contributed by atoms with van der Waals surface area (Å²) >= 11 is 1.23. The fourth-order valence-electron chi connectivity index (χ4n) is 5.29. The molecule has 0 radical (unpaired) electrons. The fourth-order valence-corrected chi connectivity index (χ4v) is 6.29. The Kier molecular flexibility index (Phi) is 9.01. The Morgan fingerprint density at radius 2 is 1.84 bits per heavy atom. The zero-order valence-corrected chi connectivity index (χ0v) is 24.4. The molecule has 15 heteroatoms. The van der Waals surface area contributed by atoms with Crippen LogP contribution in [0.1, 0.15) is 48.0 Å². The van der Waals surface area contributed by atoms with E-state index in [0.717, 1.165) is 30.3 Å². The topological polar surface area (TPSA) is 130 Å². The summed E-state index contributed by atoms with van der Waals surface area (Å²) in [6, 6.07) is 4.29. The van der Waals surface area contributed by atoms with E-state index in [0.29, 0.717) is 55.6 Å². The van der Waals surface area contributed by atoms with Gasteiger partial charge >= 0.3 is 12.3 Å². The van der Waals surface area contributed by atoms with Crippen LogP contribution in [0.3, 0.4) is 0 Å². The van der Waals surface area contributed by atoms with Crippen LogP contribution in [0.15, 0.2) is 30.6 Å². The molecule has 1 aromatic carbocycles. The molecule has 1 atom stereocenters. The number of benzene rings is 1. The Morgan fingerprint density at radius 1 is 1.09 bits per heavy atom. The third kappa shape index (κ3) is 7.51. The number of nitrogens with zero attached hydrogens (tertiary/aromatic N) is 5. The summed E-state index contributed by atoms with van der Waals surface area (Å²) in [7, 11) is 1.35. The van der Waals surface area contributed by atoms with Gasteiger partial charge in [0.15, 0.2) is 5.13 Å². The van der Waals surface area contributed by atoms with Crippen molar-refractivity contribution in [3.63, 3.8) is 0 Å². The van der Waals surface area contributed by atoms with E-state index in [-0.39, 0.29) is 22.5 Å². The van der Waals surface area contributed by atoms with Gasteiger partial charge in [-0.2, -0.15) is 0 Å². The molecule has 2 aliphatic heterocycles. The fraction of sp³-hybridized carbons (Fsp3) is 0.464. The third-order valence-electron chi connectivity index (χ3n) is 7.62. The minimum atomic E-state index is -4.88. The molecule has 0 unspecified atom stereocenters. The van der Waals surface area contributed by atoms with Gasteiger partial charge in [0, 0.05) is 42.2 Å². The zero-order chi connectivity index (χ0) is 30.7. The molecule has 2 fully saturated rings. The number of ether oxygens (including phenoxy) is 2. The molecule has 1 amide bonds. The van der Waals surface area contributed by atoms with Crippen LogP contribution in [0.5, 0.6) is 11.5 Å². The van der Waals surface area contributed by atoms with E-state index in [4.69, 9.17) is 4.74 Å². The Hall–Kier alpha value is -3.98. The number of hydrogen-bond acceptors (Lipinski definition) is 10. The average Bonchev–Trinajstić information content (AvgIpc) is 3.57. The van der Waals surface area contributed by atoms with Gasteiger partial charge in [-0.15, -0.1) is 13.2 Å². The van der Waals surface area contributed by atoms with Crippen LogP contribution in [-0.4, -0.2) is 76.0 Å². The number of rotatable bonds is 9. The number of aliphatic carboxylic acids is 1. The van der Waals surface area contributed by atoms with E-state index in [2.05, 4.69) is 36.8 Å². The lowest BCUT2D eigenvalue weighted by Gasteiger charge is -2.30. The van der Waals surface area contributed by atoms with Crippen molar-refractivity contribution in [2.45, 2.75) is 51.6 Å². The normalized spacial score (nSPS) is 18.1. The summed E-state index contributed by atoms with van der Waals surface area (Å²) in [5, 5.41) is 12.2. The summed E-state index contributed by atoms with van der Waals surface area (Å²) in [6.07, 6.45) is 1.01. The molecule has 0 bridgehead atoms. The number of carboxylic acid groups (broad SMARTS) is 1. The standard InChI is InChI=1S/C28H31F3N6O5S/c1-16-4-3-7-37(16)15-22-24(18-10-19(41-2)12-20(11-18)42-28(29,30)31)34-27(43-22)35-25(38)21-13-33-23(14-32-21)36-8-5-17(6-9-36)26(39)40/h10-14,16-17H,3-9,15H2,1-2H3,(H,39,40)(H,34,35,38)/t16-/m1/s1. The molecular weight excluding hydrogens is 589 g/mol. The SMILES string of the molecule is COc1cc(OC(F)(F)F)cc(-c2nc(NC(=O)c3cnc(N4CCC(C(=O)O)CC4)cn3)sc2CN2CCC[C@H]2C)c1. The Morgan fingerprint density at radius 3 is 2.44 bits per heavy atom. The van der Waals surface area contributed by atoms with Crippen LogP contribution in [0.25, 0.3) is 11.3 Å². The van der Waals surface area contributed by atoms with E-state index in [1.165, 1.54) is 36.9 Å². The van der Waals surface area contributed by atoms with Crippen molar-refractivity contribution in [2.75, 3.05) is 37.0 Å². The quantitative estimate of drug-likeness (QED) is 0.335. The zero-order valence-electron chi connectivity index (χ0n) is 23.6. The largest absolute Gasteiger partial charge is 0.573 e. The van der Waals surface area contributed by atoms with E-state index >= 15 is 0 Å². The maximum atomic E-state index is 13.1. The summed E-state index contributed by atoms with van der Waals surface area (Å²) in [5.41, 5.74) is 0.822. The molecule has 11 nitrogen and oxygen atoms in total. The highest BCUT2D eigenvalue weighted by Gasteiger charge is 2.32. The molecule has 2 N–H and O–H groups in total. The number of hydrogen-bond donors (Lipinski definition) is 2. The van der Waals surface area contributed by atoms with Crippen LogP contribution in [0.2, 0.25) is 0 Å². The molecule has 2 aromatic heterocycles. The lowest BCUT2D eigenvalue weighted by atomic mass is 9.97. The van der Waals surface area contributed by atoms with Crippen LogP contribution < -0.4 is 19.7 Å². The number of carbonyl (C=O) groups is 2. The number of methoxy groups -OCH3 is 1. The number of anilines is 2. The molecule has 0 aliphatic carbocycles. The van der Waals surface area contributed by atoms with Gasteiger partial charge in [-0.25, -0.2) is 15.0 Å². The van der Waals surface area contributed by atoms with Gasteiger partial charge in [-0.05, 0) is 51.3 Å². The van der Waals surface area contributed by atoms with Crippen LogP contribution in [-0.2, 0) is 11.3 Å². The molecule has 2 saturated heterocycles. The highest BCUT2D eigenvalue weighted by atomic mass is 32.1. The number of piperidine rings is 1. The van der Waals surface area contributed by atoms with Crippen LogP contribution in [0.4, 0.5) is 24.1 Å². The lowest BCUT2D eigenvalue weighted by molar-refractivity contribution is -0.274. The smallest absolute Gasteiger partial charge is 0.497 e. The van der Waals surface area contributed by atoms with E-state index < -0.39 is 24.0 Å². The monoisotopic (exact) mass is 620 g/mol. The van der Waals surface area contributed by atoms with Crippen molar-refractivity contribution < 1.29 is 37.3 Å². The number of halogens is 3. The van der Waals surface area contributed by atoms with Gasteiger partial charge in [0.25, 0.3) is 5.91 Å². The summed E-state index contributed by atoms with van der Waals surface area (Å²) in [4.78, 5) is 42.5. The lowest BCUT2D eigenvalue weighted by Crippen LogP contribution is -2.36. The van der Waals surface area contributed by atoms with Gasteiger partial charge in [-0.3, -0.25) is 19.8 Å². The Bertz CT molecular complexity index is 1460. The summed E-state index contributed by atoms with van der Waals surface area (Å²) < 4.78 is 48.5. The van der Waals surface area contributed by atoms with Gasteiger partial charge in [-0.1, -0.05) is 11.3 Å². The molecule has 5 rings (SSSR count). The van der Waals surface area contributed by atoms with E-state index in [9.17, 15) is 27.9 Å². The predicted molar refractivity (Wildman–Crippen MR) is 152 cm³/mol. The highest BCUT2D eigenvalue weighted by Crippen LogP contribution is 2.38. The summed E-state index contributed by atoms with van der Waals surface area (Å²) in [6.45, 7) is 4.54. The molecular formula is C28H31F3N6O5S. The molecule has 4 heterocycles. The molecule has 230 valence electrons. The van der Waals surface area contributed by atoms with Crippen molar-refractivity contribution in [1.82, 2.24) is 19.9 Å². The van der Waals surface area contributed by atoms with Gasteiger partial charge in [0.1, 0.15) is 23.0 Å². The second kappa shape index (κ2) is 12.7. The maximum Gasteiger partial charge on any atom is 0.573 e. The number of aromatic nitrogens is 3. The molecule has 3 aromatic rings. The number of amides is 1. The Labute approximate surface area is 249 Å². The number of thiazole rings is 1. The number of carbonyl (C=O) groups excluding carboxylic acids is 1.